The summed E-state index contributed by atoms with van der Waals surface area (Å²) >= 11 is 0. The van der Waals surface area contributed by atoms with Gasteiger partial charge in [-0.05, 0) is 23.1 Å². The Bertz CT molecular complexity index is 600. The number of benzene rings is 1. The van der Waals surface area contributed by atoms with Gasteiger partial charge in [0.15, 0.2) is 11.5 Å². The van der Waals surface area contributed by atoms with Gasteiger partial charge >= 0.3 is 0 Å². The van der Waals surface area contributed by atoms with Crippen molar-refractivity contribution in [3.8, 4) is 22.9 Å². The van der Waals surface area contributed by atoms with Gasteiger partial charge in [-0.2, -0.15) is 4.98 Å². The van der Waals surface area contributed by atoms with E-state index >= 15 is 0 Å². The summed E-state index contributed by atoms with van der Waals surface area (Å²) in [7, 11) is 0. The molecule has 4 N–H and O–H groups in total. The van der Waals surface area contributed by atoms with Gasteiger partial charge in [0, 0.05) is 0 Å². The monoisotopic (exact) mass is 263 g/mol. The van der Waals surface area contributed by atoms with Crippen LogP contribution in [0.25, 0.3) is 11.4 Å². The highest BCUT2D eigenvalue weighted by molar-refractivity contribution is 5.69. The Morgan fingerprint density at radius 2 is 1.95 bits per heavy atom. The van der Waals surface area contributed by atoms with Crippen LogP contribution in [0.4, 0.5) is 0 Å². The summed E-state index contributed by atoms with van der Waals surface area (Å²) in [4.78, 5) is 4.05. The van der Waals surface area contributed by atoms with Crippen molar-refractivity contribution in [2.24, 2.45) is 5.73 Å². The van der Waals surface area contributed by atoms with E-state index in [-0.39, 0.29) is 35.2 Å². The first kappa shape index (κ1) is 13.4. The maximum atomic E-state index is 9.92. The highest BCUT2D eigenvalue weighted by Crippen LogP contribution is 2.39. The summed E-state index contributed by atoms with van der Waals surface area (Å²) in [6.07, 6.45) is 0. The van der Waals surface area contributed by atoms with E-state index in [9.17, 15) is 10.2 Å². The third-order valence-electron chi connectivity index (χ3n) is 2.84. The second-order valence-corrected chi connectivity index (χ2v) is 5.36. The standard InChI is InChI=1S/C13H17N3O3/c1-13(2,3)7-4-8(11(18)9(17)5-7)12-15-10(6-14)19-16-12/h4-5,17-18H,6,14H2,1-3H3. The molecule has 0 aliphatic rings. The minimum atomic E-state index is -0.266. The maximum absolute atomic E-state index is 9.92. The van der Waals surface area contributed by atoms with E-state index in [1.54, 1.807) is 6.07 Å². The first-order chi connectivity index (χ1) is 8.82. The normalized spacial score (nSPS) is 11.8. The molecule has 2 rings (SSSR count). The van der Waals surface area contributed by atoms with Gasteiger partial charge in [-0.15, -0.1) is 0 Å². The molecule has 0 atom stereocenters. The van der Waals surface area contributed by atoms with Crippen molar-refractivity contribution in [3.05, 3.63) is 23.6 Å². The van der Waals surface area contributed by atoms with Gasteiger partial charge < -0.3 is 20.5 Å². The lowest BCUT2D eigenvalue weighted by Gasteiger charge is -2.20. The van der Waals surface area contributed by atoms with Crippen LogP contribution < -0.4 is 5.73 Å². The fraction of sp³-hybridized carbons (Fsp3) is 0.385. The van der Waals surface area contributed by atoms with Crippen molar-refractivity contribution >= 4 is 0 Å². The van der Waals surface area contributed by atoms with E-state index in [1.165, 1.54) is 6.07 Å². The minimum Gasteiger partial charge on any atom is -0.504 e. The molecule has 19 heavy (non-hydrogen) atoms. The summed E-state index contributed by atoms with van der Waals surface area (Å²) < 4.78 is 4.91. The average Bonchev–Trinajstić information content (AvgIpc) is 2.79. The van der Waals surface area contributed by atoms with Crippen molar-refractivity contribution in [1.29, 1.82) is 0 Å². The Labute approximate surface area is 110 Å². The number of aromatic hydroxyl groups is 2. The van der Waals surface area contributed by atoms with Gasteiger partial charge in [-0.25, -0.2) is 0 Å². The minimum absolute atomic E-state index is 0.124. The van der Waals surface area contributed by atoms with Crippen LogP contribution in [0.3, 0.4) is 0 Å². The van der Waals surface area contributed by atoms with Gasteiger partial charge in [0.2, 0.25) is 11.7 Å². The smallest absolute Gasteiger partial charge is 0.240 e. The van der Waals surface area contributed by atoms with Crippen molar-refractivity contribution < 1.29 is 14.7 Å². The third-order valence-corrected chi connectivity index (χ3v) is 2.84. The summed E-state index contributed by atoms with van der Waals surface area (Å²) in [5.74, 6) is 0.00768. The average molecular weight is 263 g/mol. The van der Waals surface area contributed by atoms with Crippen molar-refractivity contribution in [2.45, 2.75) is 32.7 Å². The number of phenols is 2. The predicted molar refractivity (Wildman–Crippen MR) is 69.7 cm³/mol. The molecular formula is C13H17N3O3. The lowest BCUT2D eigenvalue weighted by molar-refractivity contribution is 0.379. The number of rotatable bonds is 2. The van der Waals surface area contributed by atoms with Gasteiger partial charge in [0.05, 0.1) is 12.1 Å². The molecule has 1 heterocycles. The van der Waals surface area contributed by atoms with Crippen molar-refractivity contribution in [3.63, 3.8) is 0 Å². The van der Waals surface area contributed by atoms with Crippen molar-refractivity contribution in [2.75, 3.05) is 0 Å². The molecule has 0 fully saturated rings. The highest BCUT2D eigenvalue weighted by atomic mass is 16.5. The molecule has 102 valence electrons. The number of hydrogen-bond donors (Lipinski definition) is 3. The van der Waals surface area contributed by atoms with Crippen molar-refractivity contribution in [1.82, 2.24) is 10.1 Å². The van der Waals surface area contributed by atoms with Gasteiger partial charge in [-0.3, -0.25) is 0 Å². The number of phenolic OH excluding ortho intramolecular Hbond substituents is 2. The second kappa shape index (κ2) is 4.55. The second-order valence-electron chi connectivity index (χ2n) is 5.36. The molecule has 2 aromatic rings. The fourth-order valence-corrected chi connectivity index (χ4v) is 1.67. The van der Waals surface area contributed by atoms with Crippen LogP contribution in [0.15, 0.2) is 16.7 Å². The summed E-state index contributed by atoms with van der Waals surface area (Å²) in [5.41, 5.74) is 6.41. The quantitative estimate of drug-likeness (QED) is 0.715. The summed E-state index contributed by atoms with van der Waals surface area (Å²) in [6, 6.07) is 3.27. The summed E-state index contributed by atoms with van der Waals surface area (Å²) in [5, 5.41) is 23.5. The van der Waals surface area contributed by atoms with Gasteiger partial charge in [-0.1, -0.05) is 25.9 Å². The molecule has 0 saturated carbocycles. The zero-order valence-corrected chi connectivity index (χ0v) is 11.1. The van der Waals surface area contributed by atoms with E-state index in [4.69, 9.17) is 10.3 Å². The SMILES string of the molecule is CC(C)(C)c1cc(O)c(O)c(-c2noc(CN)n2)c1. The van der Waals surface area contributed by atoms with Gasteiger partial charge in [0.1, 0.15) is 0 Å². The molecule has 0 amide bonds. The highest BCUT2D eigenvalue weighted by Gasteiger charge is 2.21. The van der Waals surface area contributed by atoms with Crippen LogP contribution in [0.2, 0.25) is 0 Å². The zero-order chi connectivity index (χ0) is 14.2. The Hall–Kier alpha value is -2.08. The number of nitrogens with zero attached hydrogens (tertiary/aromatic N) is 2. The predicted octanol–water partition coefficient (Wildman–Crippen LogP) is 1.90. The Morgan fingerprint density at radius 1 is 1.26 bits per heavy atom. The van der Waals surface area contributed by atoms with E-state index < -0.39 is 0 Å². The molecule has 0 saturated heterocycles. The third kappa shape index (κ3) is 2.53. The number of nitrogens with two attached hydrogens (primary N) is 1. The van der Waals surface area contributed by atoms with Gasteiger partial charge in [0.25, 0.3) is 0 Å². The zero-order valence-electron chi connectivity index (χ0n) is 11.1. The Morgan fingerprint density at radius 3 is 2.47 bits per heavy atom. The molecule has 0 spiro atoms. The lowest BCUT2D eigenvalue weighted by atomic mass is 9.85. The van der Waals surface area contributed by atoms with Crippen LogP contribution in [0.1, 0.15) is 32.2 Å². The Kier molecular flexibility index (Phi) is 3.20. The lowest BCUT2D eigenvalue weighted by Crippen LogP contribution is -2.11. The van der Waals surface area contributed by atoms with Crippen LogP contribution in [-0.4, -0.2) is 20.4 Å². The largest absolute Gasteiger partial charge is 0.504 e. The maximum Gasteiger partial charge on any atom is 0.240 e. The molecule has 1 aromatic heterocycles. The number of aromatic nitrogens is 2. The first-order valence-electron chi connectivity index (χ1n) is 5.92. The molecule has 0 aliphatic heterocycles. The van der Waals surface area contributed by atoms with Crippen LogP contribution in [0, 0.1) is 0 Å². The number of hydrogen-bond acceptors (Lipinski definition) is 6. The molecule has 0 aliphatic carbocycles. The summed E-state index contributed by atoms with van der Waals surface area (Å²) in [6.45, 7) is 6.14. The molecular weight excluding hydrogens is 246 g/mol. The van der Waals surface area contributed by atoms with E-state index in [1.807, 2.05) is 20.8 Å². The first-order valence-corrected chi connectivity index (χ1v) is 5.92. The van der Waals surface area contributed by atoms with E-state index in [0.717, 1.165) is 5.56 Å². The van der Waals surface area contributed by atoms with Crippen LogP contribution in [-0.2, 0) is 12.0 Å². The topological polar surface area (TPSA) is 105 Å². The molecule has 0 unspecified atom stereocenters. The van der Waals surface area contributed by atoms with Crippen LogP contribution >= 0.6 is 0 Å². The fourth-order valence-electron chi connectivity index (χ4n) is 1.67. The Balaban J connectivity index is 2.59. The van der Waals surface area contributed by atoms with Crippen LogP contribution in [0.5, 0.6) is 11.5 Å². The van der Waals surface area contributed by atoms with E-state index in [2.05, 4.69) is 10.1 Å². The molecule has 0 radical (unpaired) electrons. The molecule has 1 aromatic carbocycles. The molecule has 0 bridgehead atoms. The molecule has 6 heteroatoms. The molecule has 6 nitrogen and oxygen atoms in total. The van der Waals surface area contributed by atoms with E-state index in [0.29, 0.717) is 5.56 Å².